The molecule has 0 saturated heterocycles. The fourth-order valence-electron chi connectivity index (χ4n) is 3.26. The maximum atomic E-state index is 12.3. The van der Waals surface area contributed by atoms with Crippen molar-refractivity contribution in [2.24, 2.45) is 7.05 Å². The molecule has 2 heterocycles. The molecule has 0 amide bonds. The van der Waals surface area contributed by atoms with E-state index in [9.17, 15) is 10.1 Å². The van der Waals surface area contributed by atoms with Crippen LogP contribution in [0.15, 0.2) is 71.9 Å². The minimum absolute atomic E-state index is 0.112. The van der Waals surface area contributed by atoms with Gasteiger partial charge < -0.3 is 9.30 Å². The van der Waals surface area contributed by atoms with Gasteiger partial charge in [0.1, 0.15) is 11.4 Å². The van der Waals surface area contributed by atoms with Crippen LogP contribution in [-0.2, 0) is 7.05 Å². The van der Waals surface area contributed by atoms with Crippen LogP contribution in [0, 0.1) is 11.3 Å². The molecule has 148 valence electrons. The number of rotatable bonds is 4. The quantitative estimate of drug-likeness (QED) is 0.493. The summed E-state index contributed by atoms with van der Waals surface area (Å²) in [6, 6.07) is 16.2. The Balaban J connectivity index is 1.87. The number of benzene rings is 2. The number of hydrogen-bond donors (Lipinski definition) is 0. The monoisotopic (exact) mass is 416 g/mol. The molecule has 0 bridgehead atoms. The number of nitriles is 1. The number of pyridine rings is 1. The summed E-state index contributed by atoms with van der Waals surface area (Å²) >= 11 is 6.02. The van der Waals surface area contributed by atoms with Crippen molar-refractivity contribution in [1.29, 1.82) is 5.26 Å². The fraction of sp³-hybridized carbons (Fsp3) is 0.0870. The van der Waals surface area contributed by atoms with E-state index in [1.54, 1.807) is 67.6 Å². The second-order valence-corrected chi connectivity index (χ2v) is 7.17. The van der Waals surface area contributed by atoms with Gasteiger partial charge in [-0.25, -0.2) is 4.68 Å². The Morgan fingerprint density at radius 3 is 2.50 bits per heavy atom. The van der Waals surface area contributed by atoms with Gasteiger partial charge in [-0.1, -0.05) is 23.7 Å². The van der Waals surface area contributed by atoms with Crippen molar-refractivity contribution in [2.45, 2.75) is 0 Å². The van der Waals surface area contributed by atoms with Crippen molar-refractivity contribution in [3.8, 4) is 39.8 Å². The van der Waals surface area contributed by atoms with Gasteiger partial charge in [-0.3, -0.25) is 4.79 Å². The maximum Gasteiger partial charge on any atom is 0.250 e. The molecule has 0 unspecified atom stereocenters. The second kappa shape index (κ2) is 7.90. The van der Waals surface area contributed by atoms with Gasteiger partial charge in [-0.2, -0.15) is 10.4 Å². The fourth-order valence-corrected chi connectivity index (χ4v) is 3.39. The Morgan fingerprint density at radius 1 is 1.03 bits per heavy atom. The molecule has 0 N–H and O–H groups in total. The minimum Gasteiger partial charge on any atom is -0.494 e. The summed E-state index contributed by atoms with van der Waals surface area (Å²) in [6.07, 6.45) is 5.35. The minimum atomic E-state index is -0.112. The maximum absolute atomic E-state index is 12.3. The molecule has 0 spiro atoms. The molecule has 0 fully saturated rings. The standard InChI is InChI=1S/C23H17ClN4O2/c1-27-14-20(19(10-23(27)29)16-4-6-18(24)7-5-16)17-12-26-28(13-17)21-9-15(11-25)3-8-22(21)30-2/h3-10,12-14H,1-2H3. The van der Waals surface area contributed by atoms with Gasteiger partial charge in [0.2, 0.25) is 0 Å². The van der Waals surface area contributed by atoms with Gasteiger partial charge in [0.05, 0.1) is 24.9 Å². The molecule has 30 heavy (non-hydrogen) atoms. The van der Waals surface area contributed by atoms with Gasteiger partial charge in [0, 0.05) is 41.7 Å². The lowest BCUT2D eigenvalue weighted by molar-refractivity contribution is 0.411. The third-order valence-corrected chi connectivity index (χ3v) is 5.08. The van der Waals surface area contributed by atoms with Crippen LogP contribution in [0.25, 0.3) is 27.9 Å². The first-order valence-corrected chi connectivity index (χ1v) is 9.48. The summed E-state index contributed by atoms with van der Waals surface area (Å²) in [6.45, 7) is 0. The number of methoxy groups -OCH3 is 1. The topological polar surface area (TPSA) is 72.8 Å². The summed E-state index contributed by atoms with van der Waals surface area (Å²) in [5, 5.41) is 14.3. The average Bonchev–Trinajstić information content (AvgIpc) is 3.25. The number of aryl methyl sites for hydroxylation is 1. The van der Waals surface area contributed by atoms with E-state index in [0.717, 1.165) is 22.3 Å². The molecule has 0 aliphatic heterocycles. The third kappa shape index (κ3) is 3.59. The molecule has 0 saturated carbocycles. The SMILES string of the molecule is COc1ccc(C#N)cc1-n1cc(-c2cn(C)c(=O)cc2-c2ccc(Cl)cc2)cn1. The third-order valence-electron chi connectivity index (χ3n) is 4.83. The van der Waals surface area contributed by atoms with Crippen LogP contribution in [0.2, 0.25) is 5.02 Å². The van der Waals surface area contributed by atoms with Crippen LogP contribution in [-0.4, -0.2) is 21.5 Å². The number of hydrogen-bond acceptors (Lipinski definition) is 4. The molecule has 2 aromatic heterocycles. The lowest BCUT2D eigenvalue weighted by Gasteiger charge is -2.11. The van der Waals surface area contributed by atoms with Crippen LogP contribution in [0.3, 0.4) is 0 Å². The zero-order chi connectivity index (χ0) is 21.3. The molecule has 0 radical (unpaired) electrons. The van der Waals surface area contributed by atoms with Crippen molar-refractivity contribution < 1.29 is 4.74 Å². The van der Waals surface area contributed by atoms with E-state index in [0.29, 0.717) is 22.0 Å². The van der Waals surface area contributed by atoms with Gasteiger partial charge in [-0.05, 0) is 41.5 Å². The smallest absolute Gasteiger partial charge is 0.250 e. The molecule has 4 aromatic rings. The highest BCUT2D eigenvalue weighted by Gasteiger charge is 2.14. The molecule has 0 aliphatic rings. The zero-order valence-electron chi connectivity index (χ0n) is 16.3. The summed E-state index contributed by atoms with van der Waals surface area (Å²) in [4.78, 5) is 12.3. The highest BCUT2D eigenvalue weighted by molar-refractivity contribution is 6.30. The second-order valence-electron chi connectivity index (χ2n) is 6.73. The Bertz CT molecular complexity index is 1330. The van der Waals surface area contributed by atoms with E-state index in [4.69, 9.17) is 16.3 Å². The summed E-state index contributed by atoms with van der Waals surface area (Å²) in [5.74, 6) is 0.599. The van der Waals surface area contributed by atoms with Crippen molar-refractivity contribution in [1.82, 2.24) is 14.3 Å². The lowest BCUT2D eigenvalue weighted by Crippen LogP contribution is -2.15. The van der Waals surface area contributed by atoms with Crippen molar-refractivity contribution >= 4 is 11.6 Å². The molecule has 0 atom stereocenters. The molecule has 2 aromatic carbocycles. The van der Waals surface area contributed by atoms with E-state index in [1.165, 1.54) is 4.57 Å². The van der Waals surface area contributed by atoms with Crippen LogP contribution >= 0.6 is 11.6 Å². The first kappa shape index (κ1) is 19.5. The first-order valence-electron chi connectivity index (χ1n) is 9.10. The van der Waals surface area contributed by atoms with Gasteiger partial charge in [0.25, 0.3) is 5.56 Å². The number of nitrogens with zero attached hydrogens (tertiary/aromatic N) is 4. The van der Waals surface area contributed by atoms with Crippen LogP contribution in [0.1, 0.15) is 5.56 Å². The van der Waals surface area contributed by atoms with Crippen LogP contribution in [0.4, 0.5) is 0 Å². The normalized spacial score (nSPS) is 10.6. The number of ether oxygens (including phenoxy) is 1. The predicted molar refractivity (Wildman–Crippen MR) is 116 cm³/mol. The van der Waals surface area contributed by atoms with Gasteiger partial charge in [-0.15, -0.1) is 0 Å². The molecule has 4 rings (SSSR count). The zero-order valence-corrected chi connectivity index (χ0v) is 17.1. The highest BCUT2D eigenvalue weighted by atomic mass is 35.5. The number of aromatic nitrogens is 3. The van der Waals surface area contributed by atoms with Crippen LogP contribution in [0.5, 0.6) is 5.75 Å². The van der Waals surface area contributed by atoms with Gasteiger partial charge >= 0.3 is 0 Å². The lowest BCUT2D eigenvalue weighted by atomic mass is 9.98. The van der Waals surface area contributed by atoms with E-state index in [2.05, 4.69) is 11.2 Å². The number of halogens is 1. The van der Waals surface area contributed by atoms with Crippen molar-refractivity contribution in [3.05, 3.63) is 88.1 Å². The molecule has 0 aliphatic carbocycles. The average molecular weight is 417 g/mol. The van der Waals surface area contributed by atoms with E-state index in [1.807, 2.05) is 18.3 Å². The summed E-state index contributed by atoms with van der Waals surface area (Å²) < 4.78 is 8.61. The Hall–Kier alpha value is -3.82. The van der Waals surface area contributed by atoms with Crippen LogP contribution < -0.4 is 10.3 Å². The van der Waals surface area contributed by atoms with Crippen molar-refractivity contribution in [3.63, 3.8) is 0 Å². The van der Waals surface area contributed by atoms with E-state index in [-0.39, 0.29) is 5.56 Å². The molecule has 7 heteroatoms. The molecular formula is C23H17ClN4O2. The van der Waals surface area contributed by atoms with Gasteiger partial charge in [0.15, 0.2) is 0 Å². The van der Waals surface area contributed by atoms with E-state index < -0.39 is 0 Å². The summed E-state index contributed by atoms with van der Waals surface area (Å²) in [7, 11) is 3.28. The Labute approximate surface area is 178 Å². The Kier molecular flexibility index (Phi) is 5.13. The Morgan fingerprint density at radius 2 is 1.80 bits per heavy atom. The largest absolute Gasteiger partial charge is 0.494 e. The van der Waals surface area contributed by atoms with E-state index >= 15 is 0 Å². The molecule has 6 nitrogen and oxygen atoms in total. The highest BCUT2D eigenvalue weighted by Crippen LogP contribution is 2.32. The summed E-state index contributed by atoms with van der Waals surface area (Å²) in [5.41, 5.74) is 4.38. The van der Waals surface area contributed by atoms with Crippen molar-refractivity contribution in [2.75, 3.05) is 7.11 Å². The predicted octanol–water partition coefficient (Wildman–Crippen LogP) is 4.44. The molecular weight excluding hydrogens is 400 g/mol. The first-order chi connectivity index (χ1) is 14.5.